The molecular formula is C10H10ClN3OS. The molecule has 1 heterocycles. The average molecular weight is 256 g/mol. The predicted octanol–water partition coefficient (Wildman–Crippen LogP) is 3.27. The summed E-state index contributed by atoms with van der Waals surface area (Å²) in [5.41, 5.74) is 0.905. The Balaban J connectivity index is 2.08. The number of benzene rings is 1. The van der Waals surface area contributed by atoms with Crippen molar-refractivity contribution in [2.24, 2.45) is 0 Å². The van der Waals surface area contributed by atoms with Gasteiger partial charge in [-0.1, -0.05) is 5.10 Å². The molecule has 1 N–H and O–H groups in total. The molecule has 0 bridgehead atoms. The lowest BCUT2D eigenvalue weighted by atomic mass is 10.3. The fraction of sp³-hybridized carbons (Fsp3) is 0.200. The highest BCUT2D eigenvalue weighted by Gasteiger charge is 2.04. The Hall–Kier alpha value is -1.20. The Morgan fingerprint density at radius 1 is 1.31 bits per heavy atom. The van der Waals surface area contributed by atoms with Crippen LogP contribution in [0.3, 0.4) is 0 Å². The molecule has 16 heavy (non-hydrogen) atoms. The van der Waals surface area contributed by atoms with Crippen molar-refractivity contribution in [3.05, 3.63) is 30.2 Å². The topological polar surface area (TPSA) is 51.0 Å². The van der Waals surface area contributed by atoms with Crippen LogP contribution < -0.4 is 5.32 Å². The van der Waals surface area contributed by atoms with E-state index in [2.05, 4.69) is 15.5 Å². The van der Waals surface area contributed by atoms with E-state index in [-0.39, 0.29) is 5.88 Å². The van der Waals surface area contributed by atoms with Crippen LogP contribution in [0.5, 0.6) is 0 Å². The van der Waals surface area contributed by atoms with Gasteiger partial charge < -0.3 is 9.73 Å². The summed E-state index contributed by atoms with van der Waals surface area (Å²) >= 11 is 7.25. The molecular weight excluding hydrogens is 246 g/mol. The first-order chi connectivity index (χ1) is 7.81. The van der Waals surface area contributed by atoms with Gasteiger partial charge in [0.05, 0.1) is 0 Å². The third-order valence-electron chi connectivity index (χ3n) is 1.92. The van der Waals surface area contributed by atoms with Crippen molar-refractivity contribution in [2.45, 2.75) is 10.8 Å². The second-order valence-electron chi connectivity index (χ2n) is 2.99. The van der Waals surface area contributed by atoms with E-state index >= 15 is 0 Å². The molecule has 0 aliphatic carbocycles. The van der Waals surface area contributed by atoms with Gasteiger partial charge in [-0.3, -0.25) is 0 Å². The van der Waals surface area contributed by atoms with Gasteiger partial charge >= 0.3 is 6.01 Å². The summed E-state index contributed by atoms with van der Waals surface area (Å²) in [7, 11) is 0. The number of hydrogen-bond donors (Lipinski definition) is 1. The smallest absolute Gasteiger partial charge is 0.320 e. The highest BCUT2D eigenvalue weighted by Crippen LogP contribution is 2.20. The van der Waals surface area contributed by atoms with Gasteiger partial charge in [0.15, 0.2) is 0 Å². The minimum Gasteiger partial charge on any atom is -0.407 e. The van der Waals surface area contributed by atoms with E-state index in [1.807, 2.05) is 30.5 Å². The van der Waals surface area contributed by atoms with E-state index in [9.17, 15) is 0 Å². The normalized spacial score (nSPS) is 10.4. The van der Waals surface area contributed by atoms with Crippen LogP contribution in [0.4, 0.5) is 11.7 Å². The van der Waals surface area contributed by atoms with Crippen molar-refractivity contribution in [3.8, 4) is 0 Å². The van der Waals surface area contributed by atoms with E-state index in [0.717, 1.165) is 5.69 Å². The second-order valence-corrected chi connectivity index (χ2v) is 4.13. The molecule has 0 atom stereocenters. The zero-order chi connectivity index (χ0) is 11.4. The Kier molecular flexibility index (Phi) is 3.69. The number of aromatic nitrogens is 2. The molecule has 1 aromatic carbocycles. The van der Waals surface area contributed by atoms with Gasteiger partial charge in [0.1, 0.15) is 5.88 Å². The van der Waals surface area contributed by atoms with Crippen LogP contribution in [0.25, 0.3) is 0 Å². The van der Waals surface area contributed by atoms with Crippen molar-refractivity contribution < 1.29 is 4.42 Å². The Bertz CT molecular complexity index is 457. The van der Waals surface area contributed by atoms with E-state index < -0.39 is 0 Å². The predicted molar refractivity (Wildman–Crippen MR) is 65.4 cm³/mol. The van der Waals surface area contributed by atoms with Gasteiger partial charge in [0, 0.05) is 10.6 Å². The molecule has 0 fully saturated rings. The lowest BCUT2D eigenvalue weighted by molar-refractivity contribution is 0.530. The molecule has 4 nitrogen and oxygen atoms in total. The first-order valence-electron chi connectivity index (χ1n) is 4.61. The lowest BCUT2D eigenvalue weighted by Gasteiger charge is -2.01. The average Bonchev–Trinajstić information content (AvgIpc) is 2.78. The SMILES string of the molecule is CSc1ccc(Nc2nnc(CCl)o2)cc1. The summed E-state index contributed by atoms with van der Waals surface area (Å²) in [6, 6.07) is 8.30. The third kappa shape index (κ3) is 2.68. The minimum absolute atomic E-state index is 0.222. The molecule has 1 aromatic heterocycles. The molecule has 0 saturated heterocycles. The van der Waals surface area contributed by atoms with Crippen molar-refractivity contribution in [2.75, 3.05) is 11.6 Å². The van der Waals surface area contributed by atoms with Crippen LogP contribution in [-0.4, -0.2) is 16.5 Å². The van der Waals surface area contributed by atoms with Crippen LogP contribution in [0.1, 0.15) is 5.89 Å². The molecule has 0 aliphatic heterocycles. The van der Waals surface area contributed by atoms with Gasteiger partial charge in [0.2, 0.25) is 5.89 Å². The monoisotopic (exact) mass is 255 g/mol. The zero-order valence-electron chi connectivity index (χ0n) is 8.61. The molecule has 0 spiro atoms. The number of rotatable bonds is 4. The molecule has 84 valence electrons. The lowest BCUT2D eigenvalue weighted by Crippen LogP contribution is -1.89. The molecule has 2 rings (SSSR count). The van der Waals surface area contributed by atoms with Gasteiger partial charge in [-0.25, -0.2) is 0 Å². The molecule has 0 saturated carbocycles. The zero-order valence-corrected chi connectivity index (χ0v) is 10.2. The Morgan fingerprint density at radius 3 is 2.62 bits per heavy atom. The molecule has 0 radical (unpaired) electrons. The third-order valence-corrected chi connectivity index (χ3v) is 2.89. The van der Waals surface area contributed by atoms with Gasteiger partial charge in [-0.05, 0) is 30.5 Å². The molecule has 0 aliphatic rings. The van der Waals surface area contributed by atoms with Gasteiger partial charge in [-0.15, -0.1) is 28.5 Å². The summed E-state index contributed by atoms with van der Waals surface area (Å²) < 4.78 is 5.22. The quantitative estimate of drug-likeness (QED) is 0.671. The number of hydrogen-bond acceptors (Lipinski definition) is 5. The van der Waals surface area contributed by atoms with Crippen molar-refractivity contribution >= 4 is 35.1 Å². The summed E-state index contributed by atoms with van der Waals surface area (Å²) in [4.78, 5) is 1.21. The van der Waals surface area contributed by atoms with Crippen molar-refractivity contribution in [1.82, 2.24) is 10.2 Å². The second kappa shape index (κ2) is 5.23. The standard InChI is InChI=1S/C10H10ClN3OS/c1-16-8-4-2-7(3-5-8)12-10-14-13-9(6-11)15-10/h2-5H,6H2,1H3,(H,12,14). The maximum Gasteiger partial charge on any atom is 0.320 e. The number of nitrogens with one attached hydrogen (secondary N) is 1. The van der Waals surface area contributed by atoms with E-state index in [1.54, 1.807) is 11.8 Å². The van der Waals surface area contributed by atoms with Gasteiger partial charge in [0.25, 0.3) is 0 Å². The van der Waals surface area contributed by atoms with Crippen LogP contribution in [0, 0.1) is 0 Å². The van der Waals surface area contributed by atoms with E-state index in [4.69, 9.17) is 16.0 Å². The number of anilines is 2. The van der Waals surface area contributed by atoms with Gasteiger partial charge in [-0.2, -0.15) is 0 Å². The fourth-order valence-electron chi connectivity index (χ4n) is 1.16. The Morgan fingerprint density at radius 2 is 2.06 bits per heavy atom. The van der Waals surface area contributed by atoms with E-state index in [1.165, 1.54) is 4.90 Å². The maximum absolute atomic E-state index is 5.56. The number of thioether (sulfide) groups is 1. The summed E-state index contributed by atoms with van der Waals surface area (Å²) in [6.07, 6.45) is 2.03. The maximum atomic E-state index is 5.56. The molecule has 0 amide bonds. The summed E-state index contributed by atoms with van der Waals surface area (Å²) in [5.74, 6) is 0.630. The fourth-order valence-corrected chi connectivity index (χ4v) is 1.67. The number of alkyl halides is 1. The summed E-state index contributed by atoms with van der Waals surface area (Å²) in [5, 5.41) is 10.6. The Labute approximate surface area is 102 Å². The molecule has 6 heteroatoms. The first kappa shape index (κ1) is 11.3. The highest BCUT2D eigenvalue weighted by atomic mass is 35.5. The summed E-state index contributed by atoms with van der Waals surface area (Å²) in [6.45, 7) is 0. The van der Waals surface area contributed by atoms with Crippen molar-refractivity contribution in [1.29, 1.82) is 0 Å². The van der Waals surface area contributed by atoms with Crippen molar-refractivity contribution in [3.63, 3.8) is 0 Å². The highest BCUT2D eigenvalue weighted by molar-refractivity contribution is 7.98. The number of nitrogens with zero attached hydrogens (tertiary/aromatic N) is 2. The molecule has 2 aromatic rings. The largest absolute Gasteiger partial charge is 0.407 e. The number of halogens is 1. The molecule has 0 unspecified atom stereocenters. The van der Waals surface area contributed by atoms with E-state index in [0.29, 0.717) is 11.9 Å². The van der Waals surface area contributed by atoms with Crippen LogP contribution in [0.2, 0.25) is 0 Å². The van der Waals surface area contributed by atoms with Crippen LogP contribution >= 0.6 is 23.4 Å². The minimum atomic E-state index is 0.222. The van der Waals surface area contributed by atoms with Crippen LogP contribution in [-0.2, 0) is 5.88 Å². The first-order valence-corrected chi connectivity index (χ1v) is 6.37. The van der Waals surface area contributed by atoms with Crippen LogP contribution in [0.15, 0.2) is 33.6 Å².